The third-order valence-electron chi connectivity index (χ3n) is 5.30. The van der Waals surface area contributed by atoms with Crippen molar-refractivity contribution in [3.8, 4) is 5.75 Å². The van der Waals surface area contributed by atoms with Crippen LogP contribution >= 0.6 is 0 Å². The monoisotopic (exact) mass is 430 g/mol. The molecule has 1 heterocycles. The summed E-state index contributed by atoms with van der Waals surface area (Å²) in [5.74, 6) is 0.492. The van der Waals surface area contributed by atoms with Gasteiger partial charge in [-0.25, -0.2) is 8.42 Å². The van der Waals surface area contributed by atoms with Crippen molar-refractivity contribution in [2.75, 3.05) is 19.7 Å². The zero-order valence-electron chi connectivity index (χ0n) is 17.6. The molecule has 1 aliphatic heterocycles. The summed E-state index contributed by atoms with van der Waals surface area (Å²) in [6.07, 6.45) is 3.32. The number of carbonyl (C=O) groups is 1. The molecule has 30 heavy (non-hydrogen) atoms. The fourth-order valence-corrected chi connectivity index (χ4v) is 5.00. The summed E-state index contributed by atoms with van der Waals surface area (Å²) in [5, 5.41) is 0. The molecule has 0 radical (unpaired) electrons. The molecule has 6 nitrogen and oxygen atoms in total. The van der Waals surface area contributed by atoms with Gasteiger partial charge in [-0.3, -0.25) is 4.79 Å². The number of hydrogen-bond acceptors (Lipinski definition) is 4. The molecular formula is C23H30N2O4S. The maximum absolute atomic E-state index is 13.2. The fraction of sp³-hybridized carbons (Fsp3) is 0.435. The standard InChI is InChI=1S/C23H30N2O4S/c1-3-29-22-13-12-20(16-18(22)2)30(27,28)24-21(17-19-10-6-4-7-11-19)23(26)25-14-8-5-9-15-25/h4,6-7,10-13,16,21,24H,3,5,8-9,14-15,17H2,1-2H3. The minimum Gasteiger partial charge on any atom is -0.494 e. The number of likely N-dealkylation sites (tertiary alicyclic amines) is 1. The van der Waals surface area contributed by atoms with E-state index in [0.29, 0.717) is 31.9 Å². The molecule has 1 atom stereocenters. The van der Waals surface area contributed by atoms with Crippen LogP contribution in [0.4, 0.5) is 0 Å². The van der Waals surface area contributed by atoms with Gasteiger partial charge in [0.1, 0.15) is 11.8 Å². The van der Waals surface area contributed by atoms with Gasteiger partial charge in [0, 0.05) is 13.1 Å². The summed E-state index contributed by atoms with van der Waals surface area (Å²) in [4.78, 5) is 15.1. The number of carbonyl (C=O) groups excluding carboxylic acids is 1. The Balaban J connectivity index is 1.85. The van der Waals surface area contributed by atoms with Crippen molar-refractivity contribution in [2.45, 2.75) is 50.5 Å². The summed E-state index contributed by atoms with van der Waals surface area (Å²) in [6, 6.07) is 13.4. The van der Waals surface area contributed by atoms with E-state index in [2.05, 4.69) is 4.72 Å². The molecule has 2 aromatic carbocycles. The Bertz CT molecular complexity index is 954. The summed E-state index contributed by atoms with van der Waals surface area (Å²) in [5.41, 5.74) is 1.65. The van der Waals surface area contributed by atoms with E-state index in [1.165, 1.54) is 6.07 Å². The predicted octanol–water partition coefficient (Wildman–Crippen LogP) is 3.30. The molecule has 1 aliphatic rings. The lowest BCUT2D eigenvalue weighted by atomic mass is 10.0. The van der Waals surface area contributed by atoms with Crippen LogP contribution in [0.2, 0.25) is 0 Å². The fourth-order valence-electron chi connectivity index (χ4n) is 3.73. The van der Waals surface area contributed by atoms with Crippen LogP contribution in [0.3, 0.4) is 0 Å². The van der Waals surface area contributed by atoms with Gasteiger partial charge in [0.05, 0.1) is 11.5 Å². The van der Waals surface area contributed by atoms with Crippen LogP contribution < -0.4 is 9.46 Å². The van der Waals surface area contributed by atoms with Crippen LogP contribution in [0.25, 0.3) is 0 Å². The lowest BCUT2D eigenvalue weighted by Gasteiger charge is -2.30. The average molecular weight is 431 g/mol. The maximum Gasteiger partial charge on any atom is 0.241 e. The van der Waals surface area contributed by atoms with Gasteiger partial charge < -0.3 is 9.64 Å². The number of nitrogens with one attached hydrogen (secondary N) is 1. The third-order valence-corrected chi connectivity index (χ3v) is 6.77. The number of benzene rings is 2. The number of aryl methyl sites for hydroxylation is 1. The smallest absolute Gasteiger partial charge is 0.241 e. The van der Waals surface area contributed by atoms with Gasteiger partial charge >= 0.3 is 0 Å². The Kier molecular flexibility index (Phi) is 7.50. The first kappa shape index (κ1) is 22.3. The van der Waals surface area contributed by atoms with Crippen LogP contribution in [0.1, 0.15) is 37.3 Å². The van der Waals surface area contributed by atoms with E-state index >= 15 is 0 Å². The SMILES string of the molecule is CCOc1ccc(S(=O)(=O)NC(Cc2ccccc2)C(=O)N2CCCCC2)cc1C. The van der Waals surface area contributed by atoms with Gasteiger partial charge in [-0.1, -0.05) is 30.3 Å². The Morgan fingerprint density at radius 1 is 1.10 bits per heavy atom. The van der Waals surface area contributed by atoms with Gasteiger partial charge in [0.2, 0.25) is 15.9 Å². The predicted molar refractivity (Wildman–Crippen MR) is 117 cm³/mol. The number of ether oxygens (including phenoxy) is 1. The molecule has 1 unspecified atom stereocenters. The minimum atomic E-state index is -3.87. The van der Waals surface area contributed by atoms with Crippen molar-refractivity contribution >= 4 is 15.9 Å². The lowest BCUT2D eigenvalue weighted by Crippen LogP contribution is -2.50. The van der Waals surface area contributed by atoms with Crippen LogP contribution in [-0.4, -0.2) is 45.0 Å². The van der Waals surface area contributed by atoms with E-state index in [9.17, 15) is 13.2 Å². The van der Waals surface area contributed by atoms with Crippen molar-refractivity contribution in [3.63, 3.8) is 0 Å². The second-order valence-electron chi connectivity index (χ2n) is 7.61. The number of hydrogen-bond donors (Lipinski definition) is 1. The van der Waals surface area contributed by atoms with Crippen LogP contribution in [0.15, 0.2) is 53.4 Å². The molecular weight excluding hydrogens is 400 g/mol. The van der Waals surface area contributed by atoms with E-state index < -0.39 is 16.1 Å². The Morgan fingerprint density at radius 3 is 2.43 bits per heavy atom. The molecule has 0 aromatic heterocycles. The second-order valence-corrected chi connectivity index (χ2v) is 9.32. The van der Waals surface area contributed by atoms with Gasteiger partial charge in [-0.05, 0) is 68.9 Å². The molecule has 0 bridgehead atoms. The average Bonchev–Trinajstić information content (AvgIpc) is 2.75. The van der Waals surface area contributed by atoms with E-state index in [4.69, 9.17) is 4.74 Å². The molecule has 1 amide bonds. The first-order valence-electron chi connectivity index (χ1n) is 10.5. The van der Waals surface area contributed by atoms with Crippen molar-refractivity contribution in [3.05, 3.63) is 59.7 Å². The molecule has 1 N–H and O–H groups in total. The molecule has 0 spiro atoms. The van der Waals surface area contributed by atoms with Crippen LogP contribution in [0, 0.1) is 6.92 Å². The topological polar surface area (TPSA) is 75.7 Å². The molecule has 0 saturated carbocycles. The van der Waals surface area contributed by atoms with Gasteiger partial charge in [0.15, 0.2) is 0 Å². The zero-order chi connectivity index (χ0) is 21.6. The number of rotatable bonds is 8. The highest BCUT2D eigenvalue weighted by Crippen LogP contribution is 2.22. The normalized spacial score (nSPS) is 15.6. The third kappa shape index (κ3) is 5.61. The summed E-state index contributed by atoms with van der Waals surface area (Å²) >= 11 is 0. The number of piperidine rings is 1. The van der Waals surface area contributed by atoms with Crippen LogP contribution in [-0.2, 0) is 21.2 Å². The highest BCUT2D eigenvalue weighted by Gasteiger charge is 2.30. The number of sulfonamides is 1. The molecule has 1 saturated heterocycles. The largest absolute Gasteiger partial charge is 0.494 e. The molecule has 0 aliphatic carbocycles. The van der Waals surface area contributed by atoms with Crippen molar-refractivity contribution in [1.29, 1.82) is 0 Å². The van der Waals surface area contributed by atoms with Crippen molar-refractivity contribution in [2.24, 2.45) is 0 Å². The molecule has 162 valence electrons. The first-order valence-corrected chi connectivity index (χ1v) is 12.0. The van der Waals surface area contributed by atoms with Gasteiger partial charge in [-0.15, -0.1) is 0 Å². The molecule has 1 fully saturated rings. The second kappa shape index (κ2) is 10.1. The Hall–Kier alpha value is -2.38. The lowest BCUT2D eigenvalue weighted by molar-refractivity contribution is -0.133. The molecule has 3 rings (SSSR count). The first-order chi connectivity index (χ1) is 14.4. The Morgan fingerprint density at radius 2 is 1.80 bits per heavy atom. The molecule has 7 heteroatoms. The van der Waals surface area contributed by atoms with Gasteiger partial charge in [0.25, 0.3) is 0 Å². The Labute approximate surface area is 179 Å². The van der Waals surface area contributed by atoms with E-state index in [0.717, 1.165) is 30.4 Å². The van der Waals surface area contributed by atoms with Crippen LogP contribution in [0.5, 0.6) is 5.75 Å². The summed E-state index contributed by atoms with van der Waals surface area (Å²) in [6.45, 7) is 5.55. The highest BCUT2D eigenvalue weighted by atomic mass is 32.2. The van der Waals surface area contributed by atoms with E-state index in [-0.39, 0.29) is 10.8 Å². The van der Waals surface area contributed by atoms with E-state index in [1.807, 2.05) is 44.2 Å². The molecule has 2 aromatic rings. The number of amides is 1. The summed E-state index contributed by atoms with van der Waals surface area (Å²) in [7, 11) is -3.87. The van der Waals surface area contributed by atoms with E-state index in [1.54, 1.807) is 17.0 Å². The zero-order valence-corrected chi connectivity index (χ0v) is 18.5. The number of nitrogens with zero attached hydrogens (tertiary/aromatic N) is 1. The van der Waals surface area contributed by atoms with Crippen molar-refractivity contribution < 1.29 is 17.9 Å². The summed E-state index contributed by atoms with van der Waals surface area (Å²) < 4.78 is 34.4. The van der Waals surface area contributed by atoms with Crippen molar-refractivity contribution in [1.82, 2.24) is 9.62 Å². The minimum absolute atomic E-state index is 0.132. The highest BCUT2D eigenvalue weighted by molar-refractivity contribution is 7.89. The quantitative estimate of drug-likeness (QED) is 0.697. The van der Waals surface area contributed by atoms with Gasteiger partial charge in [-0.2, -0.15) is 4.72 Å². The maximum atomic E-state index is 13.2.